The van der Waals surface area contributed by atoms with Gasteiger partial charge in [0.2, 0.25) is 0 Å². The van der Waals surface area contributed by atoms with Gasteiger partial charge in [-0.25, -0.2) is 4.98 Å². The van der Waals surface area contributed by atoms with E-state index in [4.69, 9.17) is 9.72 Å². The minimum Gasteiger partial charge on any atom is -0.479 e. The van der Waals surface area contributed by atoms with Crippen molar-refractivity contribution >= 4 is 22.9 Å². The van der Waals surface area contributed by atoms with Crippen LogP contribution in [0.1, 0.15) is 39.5 Å². The number of amides is 1. The van der Waals surface area contributed by atoms with Crippen LogP contribution in [0.2, 0.25) is 0 Å². The van der Waals surface area contributed by atoms with Crippen molar-refractivity contribution in [2.45, 2.75) is 45.6 Å². The Morgan fingerprint density at radius 1 is 1.14 bits per heavy atom. The van der Waals surface area contributed by atoms with Gasteiger partial charge < -0.3 is 9.64 Å². The molecule has 29 heavy (non-hydrogen) atoms. The average Bonchev–Trinajstić information content (AvgIpc) is 3.24. The number of rotatable bonds is 7. The Hall–Kier alpha value is -2.73. The van der Waals surface area contributed by atoms with Gasteiger partial charge in [0.1, 0.15) is 10.8 Å². The third kappa shape index (κ3) is 4.17. The number of thiazole rings is 1. The molecule has 0 fully saturated rings. The Morgan fingerprint density at radius 2 is 2.03 bits per heavy atom. The van der Waals surface area contributed by atoms with E-state index >= 15 is 0 Å². The van der Waals surface area contributed by atoms with Crippen LogP contribution in [-0.4, -0.2) is 28.5 Å². The van der Waals surface area contributed by atoms with Gasteiger partial charge in [-0.15, -0.1) is 11.3 Å². The van der Waals surface area contributed by atoms with Crippen LogP contribution in [-0.2, 0) is 4.79 Å². The van der Waals surface area contributed by atoms with E-state index in [1.807, 2.05) is 53.6 Å². The second-order valence-corrected chi connectivity index (χ2v) is 8.10. The molecule has 3 heterocycles. The molecule has 150 valence electrons. The number of carbonyl (C=O) groups excluding carboxylic acids is 1. The fourth-order valence-electron chi connectivity index (χ4n) is 3.51. The molecule has 0 spiro atoms. The van der Waals surface area contributed by atoms with Crippen molar-refractivity contribution in [2.75, 3.05) is 11.4 Å². The molecule has 6 heteroatoms. The van der Waals surface area contributed by atoms with E-state index in [-0.39, 0.29) is 5.91 Å². The molecule has 5 nitrogen and oxygen atoms in total. The van der Waals surface area contributed by atoms with Crippen LogP contribution in [0.3, 0.4) is 0 Å². The predicted octanol–water partition coefficient (Wildman–Crippen LogP) is 5.57. The number of pyridine rings is 1. The molecular formula is C23H25N3O2S. The molecule has 1 atom stereocenters. The van der Waals surface area contributed by atoms with Gasteiger partial charge in [-0.3, -0.25) is 9.78 Å². The van der Waals surface area contributed by atoms with Gasteiger partial charge in [0.15, 0.2) is 6.10 Å². The first kappa shape index (κ1) is 19.6. The molecule has 0 N–H and O–H groups in total. The number of fused-ring (bicyclic) bond motifs is 1. The maximum Gasteiger partial charge on any atom is 0.267 e. The minimum absolute atomic E-state index is 0.0265. The molecule has 0 saturated carbocycles. The highest BCUT2D eigenvalue weighted by atomic mass is 32.1. The molecule has 1 aromatic carbocycles. The molecule has 0 bridgehead atoms. The highest BCUT2D eigenvalue weighted by Gasteiger charge is 2.31. The summed E-state index contributed by atoms with van der Waals surface area (Å²) in [5, 5.41) is 2.92. The molecule has 4 rings (SSSR count). The largest absolute Gasteiger partial charge is 0.479 e. The summed E-state index contributed by atoms with van der Waals surface area (Å²) >= 11 is 1.57. The maximum absolute atomic E-state index is 12.8. The topological polar surface area (TPSA) is 55.3 Å². The van der Waals surface area contributed by atoms with Gasteiger partial charge in [0, 0.05) is 23.7 Å². The van der Waals surface area contributed by atoms with Gasteiger partial charge in [-0.2, -0.15) is 0 Å². The third-order valence-corrected chi connectivity index (χ3v) is 5.95. The quantitative estimate of drug-likeness (QED) is 0.481. The number of aromatic nitrogens is 2. The number of hydrogen-bond donors (Lipinski definition) is 0. The van der Waals surface area contributed by atoms with E-state index in [9.17, 15) is 4.79 Å². The summed E-state index contributed by atoms with van der Waals surface area (Å²) in [7, 11) is 0. The van der Waals surface area contributed by atoms with Crippen LogP contribution in [0.25, 0.3) is 22.0 Å². The van der Waals surface area contributed by atoms with Crippen LogP contribution in [0.4, 0.5) is 5.69 Å². The maximum atomic E-state index is 12.8. The van der Waals surface area contributed by atoms with Crippen molar-refractivity contribution in [1.29, 1.82) is 0 Å². The van der Waals surface area contributed by atoms with Crippen LogP contribution in [0.5, 0.6) is 5.75 Å². The van der Waals surface area contributed by atoms with E-state index in [1.165, 1.54) is 12.8 Å². The highest BCUT2D eigenvalue weighted by molar-refractivity contribution is 7.13. The molecule has 1 aliphatic rings. The van der Waals surface area contributed by atoms with Crippen molar-refractivity contribution < 1.29 is 9.53 Å². The van der Waals surface area contributed by atoms with Crippen LogP contribution >= 0.6 is 11.3 Å². The van der Waals surface area contributed by atoms with Crippen molar-refractivity contribution in [3.63, 3.8) is 0 Å². The Kier molecular flexibility index (Phi) is 5.90. The number of ether oxygens (including phenoxy) is 1. The molecule has 1 unspecified atom stereocenters. The summed E-state index contributed by atoms with van der Waals surface area (Å²) in [6.07, 6.45) is 5.82. The summed E-state index contributed by atoms with van der Waals surface area (Å²) in [5.41, 5.74) is 3.57. The lowest BCUT2D eigenvalue weighted by Gasteiger charge is -2.33. The Bertz CT molecular complexity index is 987. The van der Waals surface area contributed by atoms with Gasteiger partial charge >= 0.3 is 0 Å². The zero-order chi connectivity index (χ0) is 20.2. The number of benzene rings is 1. The third-order valence-electron chi connectivity index (χ3n) is 5.09. The van der Waals surface area contributed by atoms with E-state index in [0.717, 1.165) is 52.8 Å². The number of carbonyl (C=O) groups is 1. The van der Waals surface area contributed by atoms with E-state index in [2.05, 4.69) is 11.9 Å². The molecule has 2 aromatic heterocycles. The van der Waals surface area contributed by atoms with Crippen molar-refractivity contribution in [2.24, 2.45) is 0 Å². The SMILES string of the molecule is CCCCCCN1C(=O)C(C)Oc2ccc(-c3csc(-c4ccccn4)n3)cc21. The summed E-state index contributed by atoms with van der Waals surface area (Å²) < 4.78 is 5.85. The Labute approximate surface area is 175 Å². The summed E-state index contributed by atoms with van der Waals surface area (Å²) in [6, 6.07) is 11.8. The second kappa shape index (κ2) is 8.74. The lowest BCUT2D eigenvalue weighted by Crippen LogP contribution is -2.44. The normalized spacial score (nSPS) is 15.9. The first-order valence-corrected chi connectivity index (χ1v) is 11.0. The number of nitrogens with zero attached hydrogens (tertiary/aromatic N) is 3. The first-order valence-electron chi connectivity index (χ1n) is 10.2. The standard InChI is InChI=1S/C23H25N3O2S/c1-3-4-5-8-13-26-20-14-17(10-11-21(20)28-16(2)23(26)27)19-15-29-22(25-19)18-9-6-7-12-24-18/h6-7,9-12,14-16H,3-5,8,13H2,1-2H3. The lowest BCUT2D eigenvalue weighted by atomic mass is 10.1. The van der Waals surface area contributed by atoms with Gasteiger partial charge in [0.25, 0.3) is 5.91 Å². The summed E-state index contributed by atoms with van der Waals surface area (Å²) in [6.45, 7) is 4.73. The number of unbranched alkanes of at least 4 members (excludes halogenated alkanes) is 3. The molecule has 1 aliphatic heterocycles. The van der Waals surface area contributed by atoms with Gasteiger partial charge in [-0.1, -0.05) is 32.3 Å². The highest BCUT2D eigenvalue weighted by Crippen LogP contribution is 2.38. The van der Waals surface area contributed by atoms with Crippen LogP contribution in [0.15, 0.2) is 48.0 Å². The summed E-state index contributed by atoms with van der Waals surface area (Å²) in [5.74, 6) is 0.787. The molecule has 0 aliphatic carbocycles. The lowest BCUT2D eigenvalue weighted by molar-refractivity contribution is -0.125. The Morgan fingerprint density at radius 3 is 2.83 bits per heavy atom. The fraction of sp³-hybridized carbons (Fsp3) is 0.348. The van der Waals surface area contributed by atoms with Gasteiger partial charge in [-0.05, 0) is 43.7 Å². The molecule has 0 radical (unpaired) electrons. The zero-order valence-corrected chi connectivity index (χ0v) is 17.6. The van der Waals surface area contributed by atoms with Crippen molar-refractivity contribution in [1.82, 2.24) is 9.97 Å². The van der Waals surface area contributed by atoms with Crippen molar-refractivity contribution in [3.8, 4) is 27.7 Å². The summed E-state index contributed by atoms with van der Waals surface area (Å²) in [4.78, 5) is 23.8. The zero-order valence-electron chi connectivity index (χ0n) is 16.8. The molecule has 3 aromatic rings. The van der Waals surface area contributed by atoms with Crippen LogP contribution < -0.4 is 9.64 Å². The molecular weight excluding hydrogens is 382 g/mol. The number of hydrogen-bond acceptors (Lipinski definition) is 5. The first-order chi connectivity index (χ1) is 14.2. The minimum atomic E-state index is -0.449. The van der Waals surface area contributed by atoms with Gasteiger partial charge in [0.05, 0.1) is 17.1 Å². The monoisotopic (exact) mass is 407 g/mol. The van der Waals surface area contributed by atoms with E-state index in [1.54, 1.807) is 17.5 Å². The molecule has 1 amide bonds. The number of anilines is 1. The van der Waals surface area contributed by atoms with E-state index in [0.29, 0.717) is 0 Å². The average molecular weight is 408 g/mol. The second-order valence-electron chi connectivity index (χ2n) is 7.25. The van der Waals surface area contributed by atoms with Crippen molar-refractivity contribution in [3.05, 3.63) is 48.0 Å². The Balaban J connectivity index is 1.62. The van der Waals surface area contributed by atoms with E-state index < -0.39 is 6.10 Å². The predicted molar refractivity (Wildman–Crippen MR) is 117 cm³/mol. The molecule has 0 saturated heterocycles. The smallest absolute Gasteiger partial charge is 0.267 e. The van der Waals surface area contributed by atoms with Crippen LogP contribution in [0, 0.1) is 0 Å². The fourth-order valence-corrected chi connectivity index (χ4v) is 4.31.